The first-order chi connectivity index (χ1) is 15.0. The van der Waals surface area contributed by atoms with Gasteiger partial charge in [-0.3, -0.25) is 9.10 Å². The van der Waals surface area contributed by atoms with Gasteiger partial charge in [0.05, 0.1) is 24.6 Å². The lowest BCUT2D eigenvalue weighted by Crippen LogP contribution is -2.52. The molecule has 3 rings (SSSR count). The van der Waals surface area contributed by atoms with Crippen LogP contribution < -0.4 is 13.9 Å². The third kappa shape index (κ3) is 5.64. The van der Waals surface area contributed by atoms with Crippen molar-refractivity contribution in [1.82, 2.24) is 4.90 Å². The number of hydrogen-bond donors (Lipinski definition) is 0. The number of carbonyl (C=O) groups excluding carboxylic acids is 1. The van der Waals surface area contributed by atoms with E-state index in [-0.39, 0.29) is 25.5 Å². The van der Waals surface area contributed by atoms with E-state index in [1.54, 1.807) is 35.2 Å². The van der Waals surface area contributed by atoms with Crippen LogP contribution >= 0.6 is 0 Å². The fraction of sp³-hybridized carbons (Fsp3) is 0.381. The highest BCUT2D eigenvalue weighted by Gasteiger charge is 2.31. The van der Waals surface area contributed by atoms with E-state index >= 15 is 0 Å². The van der Waals surface area contributed by atoms with Crippen molar-refractivity contribution >= 4 is 27.3 Å². The number of piperazine rings is 1. The number of methoxy groups -OCH3 is 1. The first-order valence-electron chi connectivity index (χ1n) is 9.81. The molecule has 0 spiro atoms. The highest BCUT2D eigenvalue weighted by atomic mass is 32.2. The molecule has 1 amide bonds. The third-order valence-corrected chi connectivity index (χ3v) is 6.35. The van der Waals surface area contributed by atoms with E-state index < -0.39 is 21.8 Å². The Hall–Kier alpha value is -2.95. The van der Waals surface area contributed by atoms with Gasteiger partial charge in [0.25, 0.3) is 0 Å². The highest BCUT2D eigenvalue weighted by Crippen LogP contribution is 2.32. The Morgan fingerprint density at radius 1 is 1.06 bits per heavy atom. The van der Waals surface area contributed by atoms with Gasteiger partial charge < -0.3 is 14.5 Å². The second-order valence-electron chi connectivity index (χ2n) is 7.38. The third-order valence-electron chi connectivity index (χ3n) is 5.21. The Kier molecular flexibility index (Phi) is 6.87. The first-order valence-corrected chi connectivity index (χ1v) is 11.7. The van der Waals surface area contributed by atoms with Gasteiger partial charge in [0, 0.05) is 31.9 Å². The van der Waals surface area contributed by atoms with Crippen LogP contribution in [0.1, 0.15) is 5.56 Å². The average Bonchev–Trinajstić information content (AvgIpc) is 2.76. The average molecular weight is 472 g/mol. The maximum Gasteiger partial charge on any atom is 0.416 e. The summed E-state index contributed by atoms with van der Waals surface area (Å²) in [6, 6.07) is 11.4. The zero-order chi connectivity index (χ0) is 23.5. The van der Waals surface area contributed by atoms with Crippen molar-refractivity contribution in [2.45, 2.75) is 6.18 Å². The molecule has 7 nitrogen and oxygen atoms in total. The van der Waals surface area contributed by atoms with Crippen LogP contribution in [0.3, 0.4) is 0 Å². The summed E-state index contributed by atoms with van der Waals surface area (Å²) in [5.41, 5.74) is 0.0453. The minimum absolute atomic E-state index is 0.273. The molecule has 0 radical (unpaired) electrons. The zero-order valence-corrected chi connectivity index (χ0v) is 18.5. The van der Waals surface area contributed by atoms with E-state index in [4.69, 9.17) is 4.74 Å². The zero-order valence-electron chi connectivity index (χ0n) is 17.7. The quantitative estimate of drug-likeness (QED) is 0.648. The van der Waals surface area contributed by atoms with Crippen molar-refractivity contribution in [2.75, 3.05) is 55.3 Å². The van der Waals surface area contributed by atoms with E-state index in [0.717, 1.165) is 22.7 Å². The molecule has 1 heterocycles. The molecule has 174 valence electrons. The van der Waals surface area contributed by atoms with E-state index in [2.05, 4.69) is 0 Å². The summed E-state index contributed by atoms with van der Waals surface area (Å²) >= 11 is 0. The van der Waals surface area contributed by atoms with Crippen molar-refractivity contribution in [3.05, 3.63) is 54.1 Å². The second kappa shape index (κ2) is 9.27. The van der Waals surface area contributed by atoms with Crippen molar-refractivity contribution in [3.63, 3.8) is 0 Å². The number of ether oxygens (including phenoxy) is 1. The van der Waals surface area contributed by atoms with Gasteiger partial charge in [-0.2, -0.15) is 13.2 Å². The molecule has 2 aromatic rings. The molecule has 11 heteroatoms. The maximum atomic E-state index is 13.0. The van der Waals surface area contributed by atoms with Crippen LogP contribution in [-0.4, -0.2) is 65.3 Å². The normalized spacial score (nSPS) is 14.9. The number of hydrogen-bond acceptors (Lipinski definition) is 5. The Balaban J connectivity index is 1.66. The second-order valence-corrected chi connectivity index (χ2v) is 9.29. The van der Waals surface area contributed by atoms with Crippen LogP contribution in [0.2, 0.25) is 0 Å². The standard InChI is InChI=1S/C21H24F3N3O4S/c1-31-19-8-6-17(7-9-19)27(32(2,29)30)15-20(28)26-12-10-25(11-13-26)18-5-3-4-16(14-18)21(22,23)24/h3-9,14H,10-13,15H2,1-2H3. The van der Waals surface area contributed by atoms with Crippen LogP contribution in [0.25, 0.3) is 0 Å². The smallest absolute Gasteiger partial charge is 0.416 e. The Morgan fingerprint density at radius 3 is 2.22 bits per heavy atom. The van der Waals surface area contributed by atoms with E-state index in [0.29, 0.717) is 30.2 Å². The molecule has 0 unspecified atom stereocenters. The molecule has 0 aromatic heterocycles. The lowest BCUT2D eigenvalue weighted by atomic mass is 10.1. The van der Waals surface area contributed by atoms with Crippen LogP contribution in [0, 0.1) is 0 Å². The summed E-state index contributed by atoms with van der Waals surface area (Å²) in [7, 11) is -2.22. The first kappa shape index (κ1) is 23.7. The number of nitrogens with zero attached hydrogens (tertiary/aromatic N) is 3. The molecule has 1 aliphatic rings. The van der Waals surface area contributed by atoms with Gasteiger partial charge in [-0.25, -0.2) is 8.42 Å². The molecule has 0 atom stereocenters. The predicted octanol–water partition coefficient (Wildman–Crippen LogP) is 2.83. The van der Waals surface area contributed by atoms with Crippen molar-refractivity contribution < 1.29 is 31.1 Å². The number of carbonyl (C=O) groups is 1. The highest BCUT2D eigenvalue weighted by molar-refractivity contribution is 7.92. The number of amides is 1. The maximum absolute atomic E-state index is 13.0. The monoisotopic (exact) mass is 471 g/mol. The molecule has 0 bridgehead atoms. The number of halogens is 3. The molecule has 0 saturated carbocycles. The molecule has 1 fully saturated rings. The lowest BCUT2D eigenvalue weighted by Gasteiger charge is -2.37. The van der Waals surface area contributed by atoms with Gasteiger partial charge >= 0.3 is 6.18 Å². The summed E-state index contributed by atoms with van der Waals surface area (Å²) in [5.74, 6) is 0.175. The van der Waals surface area contributed by atoms with E-state index in [9.17, 15) is 26.4 Å². The SMILES string of the molecule is COc1ccc(N(CC(=O)N2CCN(c3cccc(C(F)(F)F)c3)CC2)S(C)(=O)=O)cc1. The molecule has 0 N–H and O–H groups in total. The molecule has 1 aliphatic heterocycles. The minimum atomic E-state index is -4.43. The lowest BCUT2D eigenvalue weighted by molar-refractivity contribution is -0.137. The fourth-order valence-electron chi connectivity index (χ4n) is 3.46. The van der Waals surface area contributed by atoms with E-state index in [1.807, 2.05) is 0 Å². The Labute approximate surface area is 185 Å². The minimum Gasteiger partial charge on any atom is -0.497 e. The van der Waals surface area contributed by atoms with Crippen LogP contribution in [-0.2, 0) is 21.0 Å². The van der Waals surface area contributed by atoms with Gasteiger partial charge in [-0.1, -0.05) is 6.07 Å². The molecular formula is C21H24F3N3O4S. The molecular weight excluding hydrogens is 447 g/mol. The van der Waals surface area contributed by atoms with E-state index in [1.165, 1.54) is 18.1 Å². The van der Waals surface area contributed by atoms with Gasteiger partial charge in [-0.05, 0) is 42.5 Å². The van der Waals surface area contributed by atoms with Crippen LogP contribution in [0.5, 0.6) is 5.75 Å². The summed E-state index contributed by atoms with van der Waals surface area (Å²) < 4.78 is 69.6. The molecule has 0 aliphatic carbocycles. The summed E-state index contributed by atoms with van der Waals surface area (Å²) in [4.78, 5) is 16.1. The van der Waals surface area contributed by atoms with Gasteiger partial charge in [0.1, 0.15) is 12.3 Å². The van der Waals surface area contributed by atoms with Crippen molar-refractivity contribution in [3.8, 4) is 5.75 Å². The number of alkyl halides is 3. The molecule has 2 aromatic carbocycles. The number of benzene rings is 2. The fourth-order valence-corrected chi connectivity index (χ4v) is 4.31. The number of rotatable bonds is 6. The largest absolute Gasteiger partial charge is 0.497 e. The number of sulfonamides is 1. The van der Waals surface area contributed by atoms with Gasteiger partial charge in [0.15, 0.2) is 0 Å². The molecule has 1 saturated heterocycles. The topological polar surface area (TPSA) is 70.2 Å². The summed E-state index contributed by atoms with van der Waals surface area (Å²) in [5, 5.41) is 0. The van der Waals surface area contributed by atoms with Crippen molar-refractivity contribution in [2.24, 2.45) is 0 Å². The van der Waals surface area contributed by atoms with Crippen LogP contribution in [0.15, 0.2) is 48.5 Å². The molecule has 32 heavy (non-hydrogen) atoms. The van der Waals surface area contributed by atoms with Gasteiger partial charge in [-0.15, -0.1) is 0 Å². The van der Waals surface area contributed by atoms with Crippen molar-refractivity contribution in [1.29, 1.82) is 0 Å². The Morgan fingerprint density at radius 2 is 1.69 bits per heavy atom. The summed E-state index contributed by atoms with van der Waals surface area (Å²) in [6.07, 6.45) is -3.40. The van der Waals surface area contributed by atoms with Crippen LogP contribution in [0.4, 0.5) is 24.5 Å². The predicted molar refractivity (Wildman–Crippen MR) is 115 cm³/mol. The van der Waals surface area contributed by atoms with Gasteiger partial charge in [0.2, 0.25) is 15.9 Å². The number of anilines is 2. The summed E-state index contributed by atoms with van der Waals surface area (Å²) in [6.45, 7) is 0.863. The Bertz CT molecular complexity index is 1050.